The van der Waals surface area contributed by atoms with Crippen molar-refractivity contribution in [2.75, 3.05) is 26.2 Å². The number of rotatable bonds is 3. The first-order valence-corrected chi connectivity index (χ1v) is 5.91. The van der Waals surface area contributed by atoms with Gasteiger partial charge < -0.3 is 11.1 Å². The van der Waals surface area contributed by atoms with Gasteiger partial charge in [-0.3, -0.25) is 9.69 Å². The van der Waals surface area contributed by atoms with Crippen molar-refractivity contribution in [1.29, 1.82) is 0 Å². The molecule has 0 aromatic rings. The van der Waals surface area contributed by atoms with Crippen molar-refractivity contribution in [3.8, 4) is 0 Å². The number of carbonyl (C=O) groups excluding carboxylic acids is 1. The average Bonchev–Trinajstić information content (AvgIpc) is 2.19. The predicted molar refractivity (Wildman–Crippen MR) is 69.1 cm³/mol. The fourth-order valence-corrected chi connectivity index (χ4v) is 2.08. The van der Waals surface area contributed by atoms with Crippen LogP contribution in [0.3, 0.4) is 0 Å². The Labute approximate surface area is 117 Å². The molecular weight excluding hydrogens is 283 g/mol. The number of carbonyl (C=O) groups is 1. The van der Waals surface area contributed by atoms with Crippen LogP contribution in [-0.2, 0) is 4.79 Å². The first-order valence-electron chi connectivity index (χ1n) is 5.91. The summed E-state index contributed by atoms with van der Waals surface area (Å²) in [5.74, 6) is -0.599. The van der Waals surface area contributed by atoms with Crippen LogP contribution in [0.1, 0.15) is 20.3 Å². The number of nitrogens with two attached hydrogens (primary N) is 1. The van der Waals surface area contributed by atoms with E-state index in [1.54, 1.807) is 0 Å². The molecule has 1 unspecified atom stereocenters. The molecule has 1 heterocycles. The highest BCUT2D eigenvalue weighted by Crippen LogP contribution is 2.27. The van der Waals surface area contributed by atoms with E-state index in [0.717, 1.165) is 6.42 Å². The number of hydrogen-bond acceptors (Lipinski definition) is 3. The molecule has 19 heavy (non-hydrogen) atoms. The van der Waals surface area contributed by atoms with Gasteiger partial charge in [-0.2, -0.15) is 13.2 Å². The summed E-state index contributed by atoms with van der Waals surface area (Å²) < 4.78 is 35.8. The molecule has 1 aliphatic heterocycles. The van der Waals surface area contributed by atoms with E-state index in [2.05, 4.69) is 0 Å². The van der Waals surface area contributed by atoms with Gasteiger partial charge >= 0.3 is 6.18 Å². The first-order chi connectivity index (χ1) is 8.10. The van der Waals surface area contributed by atoms with Crippen LogP contribution in [0.5, 0.6) is 0 Å². The number of piperidine rings is 1. The van der Waals surface area contributed by atoms with Crippen molar-refractivity contribution in [2.45, 2.75) is 32.5 Å². The third-order valence-electron chi connectivity index (χ3n) is 3.24. The minimum absolute atomic E-state index is 0. The summed E-state index contributed by atoms with van der Waals surface area (Å²) in [6.45, 7) is 3.97. The smallest absolute Gasteiger partial charge is 0.346 e. The van der Waals surface area contributed by atoms with Gasteiger partial charge in [0.2, 0.25) is 5.91 Å². The standard InChI is InChI=1S/C11H20F3N3O.ClH/c1-10(2)7-17(4-3-8(10)15)5-9(18)16-6-11(12,13)14;/h8H,3-7,15H2,1-2H3,(H,16,18);1H. The lowest BCUT2D eigenvalue weighted by Crippen LogP contribution is -2.54. The van der Waals surface area contributed by atoms with Crippen LogP contribution < -0.4 is 11.1 Å². The van der Waals surface area contributed by atoms with Crippen LogP contribution in [0.15, 0.2) is 0 Å². The van der Waals surface area contributed by atoms with Crippen molar-refractivity contribution in [1.82, 2.24) is 10.2 Å². The van der Waals surface area contributed by atoms with E-state index in [-0.39, 0.29) is 30.4 Å². The maximum Gasteiger partial charge on any atom is 0.405 e. The molecule has 0 bridgehead atoms. The Morgan fingerprint density at radius 2 is 2.05 bits per heavy atom. The van der Waals surface area contributed by atoms with Crippen molar-refractivity contribution in [3.05, 3.63) is 0 Å². The van der Waals surface area contributed by atoms with E-state index in [1.165, 1.54) is 0 Å². The van der Waals surface area contributed by atoms with E-state index in [0.29, 0.717) is 13.1 Å². The van der Waals surface area contributed by atoms with Crippen molar-refractivity contribution in [2.24, 2.45) is 11.1 Å². The SMILES string of the molecule is CC1(C)CN(CC(=O)NCC(F)(F)F)CCC1N.Cl. The summed E-state index contributed by atoms with van der Waals surface area (Å²) in [6.07, 6.45) is -3.61. The van der Waals surface area contributed by atoms with Crippen LogP contribution in [-0.4, -0.2) is 49.2 Å². The molecule has 8 heteroatoms. The van der Waals surface area contributed by atoms with Crippen LogP contribution in [0, 0.1) is 5.41 Å². The molecule has 114 valence electrons. The molecule has 0 aromatic carbocycles. The Balaban J connectivity index is 0.00000324. The number of hydrogen-bond donors (Lipinski definition) is 2. The summed E-state index contributed by atoms with van der Waals surface area (Å²) in [5.41, 5.74) is 5.82. The van der Waals surface area contributed by atoms with Gasteiger partial charge in [0, 0.05) is 19.1 Å². The molecule has 1 amide bonds. The highest BCUT2D eigenvalue weighted by Gasteiger charge is 2.34. The predicted octanol–water partition coefficient (Wildman–Crippen LogP) is 1.15. The summed E-state index contributed by atoms with van der Waals surface area (Å²) >= 11 is 0. The van der Waals surface area contributed by atoms with Gasteiger partial charge in [0.1, 0.15) is 6.54 Å². The Bertz CT molecular complexity index is 310. The molecule has 3 N–H and O–H groups in total. The maximum atomic E-state index is 11.9. The third-order valence-corrected chi connectivity index (χ3v) is 3.24. The highest BCUT2D eigenvalue weighted by atomic mass is 35.5. The number of alkyl halides is 3. The normalized spacial score (nSPS) is 23.6. The van der Waals surface area contributed by atoms with Crippen LogP contribution in [0.2, 0.25) is 0 Å². The van der Waals surface area contributed by atoms with Gasteiger partial charge in [-0.05, 0) is 11.8 Å². The van der Waals surface area contributed by atoms with Gasteiger partial charge in [-0.25, -0.2) is 0 Å². The monoisotopic (exact) mass is 303 g/mol. The van der Waals surface area contributed by atoms with Crippen LogP contribution in [0.4, 0.5) is 13.2 Å². The Morgan fingerprint density at radius 1 is 1.47 bits per heavy atom. The molecule has 1 saturated heterocycles. The van der Waals surface area contributed by atoms with Gasteiger partial charge in [0.05, 0.1) is 6.54 Å². The molecule has 1 fully saturated rings. The lowest BCUT2D eigenvalue weighted by molar-refractivity contribution is -0.139. The average molecular weight is 304 g/mol. The molecule has 0 spiro atoms. The summed E-state index contributed by atoms with van der Waals surface area (Å²) in [6, 6.07) is 0.0620. The largest absolute Gasteiger partial charge is 0.405 e. The zero-order chi connectivity index (χ0) is 14.0. The van der Waals surface area contributed by atoms with Crippen LogP contribution in [0.25, 0.3) is 0 Å². The Hall–Kier alpha value is -0.530. The van der Waals surface area contributed by atoms with E-state index >= 15 is 0 Å². The number of amides is 1. The molecule has 1 atom stereocenters. The Morgan fingerprint density at radius 3 is 2.53 bits per heavy atom. The molecule has 0 aliphatic carbocycles. The number of halogens is 4. The van der Waals surface area contributed by atoms with Gasteiger partial charge in [-0.1, -0.05) is 13.8 Å². The lowest BCUT2D eigenvalue weighted by Gasteiger charge is -2.42. The molecule has 1 rings (SSSR count). The van der Waals surface area contributed by atoms with Crippen molar-refractivity contribution in [3.63, 3.8) is 0 Å². The van der Waals surface area contributed by atoms with Crippen molar-refractivity contribution >= 4 is 18.3 Å². The molecule has 0 aromatic heterocycles. The van der Waals surface area contributed by atoms with Gasteiger partial charge in [-0.15, -0.1) is 12.4 Å². The number of likely N-dealkylation sites (tertiary alicyclic amines) is 1. The topological polar surface area (TPSA) is 58.4 Å². The second kappa shape index (κ2) is 6.76. The zero-order valence-corrected chi connectivity index (χ0v) is 11.9. The molecule has 4 nitrogen and oxygen atoms in total. The summed E-state index contributed by atoms with van der Waals surface area (Å²) in [5, 5.41) is 1.87. The summed E-state index contributed by atoms with van der Waals surface area (Å²) in [7, 11) is 0. The summed E-state index contributed by atoms with van der Waals surface area (Å²) in [4.78, 5) is 13.2. The number of nitrogens with one attached hydrogen (secondary N) is 1. The Kier molecular flexibility index (Phi) is 6.57. The second-order valence-electron chi connectivity index (χ2n) is 5.49. The highest BCUT2D eigenvalue weighted by molar-refractivity contribution is 5.85. The fourth-order valence-electron chi connectivity index (χ4n) is 2.08. The maximum absolute atomic E-state index is 11.9. The molecular formula is C11H21ClF3N3O. The minimum atomic E-state index is -4.36. The van der Waals surface area contributed by atoms with Gasteiger partial charge in [0.25, 0.3) is 0 Å². The molecule has 1 aliphatic rings. The third kappa shape index (κ3) is 6.44. The molecule has 0 saturated carbocycles. The van der Waals surface area contributed by atoms with E-state index in [1.807, 2.05) is 24.1 Å². The minimum Gasteiger partial charge on any atom is -0.346 e. The van der Waals surface area contributed by atoms with Crippen LogP contribution >= 0.6 is 12.4 Å². The first kappa shape index (κ1) is 18.5. The van der Waals surface area contributed by atoms with E-state index in [4.69, 9.17) is 5.73 Å². The van der Waals surface area contributed by atoms with E-state index in [9.17, 15) is 18.0 Å². The quantitative estimate of drug-likeness (QED) is 0.822. The molecule has 0 radical (unpaired) electrons. The fraction of sp³-hybridized carbons (Fsp3) is 0.909. The van der Waals surface area contributed by atoms with Gasteiger partial charge in [0.15, 0.2) is 0 Å². The number of nitrogens with zero attached hydrogens (tertiary/aromatic N) is 1. The lowest BCUT2D eigenvalue weighted by atomic mass is 9.80. The van der Waals surface area contributed by atoms with E-state index < -0.39 is 18.6 Å². The zero-order valence-electron chi connectivity index (χ0n) is 11.1. The second-order valence-corrected chi connectivity index (χ2v) is 5.49. The van der Waals surface area contributed by atoms with Crippen molar-refractivity contribution < 1.29 is 18.0 Å².